The van der Waals surface area contributed by atoms with Crippen molar-refractivity contribution in [2.45, 2.75) is 13.8 Å². The third kappa shape index (κ3) is 3.14. The highest BCUT2D eigenvalue weighted by atomic mass is 16.6. The van der Waals surface area contributed by atoms with Crippen LogP contribution in [0.5, 0.6) is 0 Å². The van der Waals surface area contributed by atoms with E-state index in [0.29, 0.717) is 5.69 Å². The summed E-state index contributed by atoms with van der Waals surface area (Å²) in [5.41, 5.74) is 3.34. The number of rotatable bonds is 3. The Balaban J connectivity index is 2.33. The third-order valence-electron chi connectivity index (χ3n) is 2.89. The number of carbonyl (C=O) groups excluding carboxylic acids is 1. The zero-order valence-electron chi connectivity index (χ0n) is 11.5. The van der Waals surface area contributed by atoms with Crippen LogP contribution in [0.1, 0.15) is 21.6 Å². The van der Waals surface area contributed by atoms with E-state index in [1.807, 2.05) is 0 Å². The van der Waals surface area contributed by atoms with Gasteiger partial charge in [0, 0.05) is 29.5 Å². The first-order valence-electron chi connectivity index (χ1n) is 6.14. The maximum atomic E-state index is 12.1. The SMILES string of the molecule is Cc1cc(C)n(NC(=O)c2cccc([N+](=O)[O-])c2)c(=O)c1. The molecule has 21 heavy (non-hydrogen) atoms. The maximum absolute atomic E-state index is 12.1. The lowest BCUT2D eigenvalue weighted by molar-refractivity contribution is -0.384. The zero-order valence-corrected chi connectivity index (χ0v) is 11.5. The molecule has 2 aromatic rings. The molecule has 0 fully saturated rings. The van der Waals surface area contributed by atoms with Gasteiger partial charge >= 0.3 is 0 Å². The van der Waals surface area contributed by atoms with E-state index in [-0.39, 0.29) is 16.8 Å². The van der Waals surface area contributed by atoms with Gasteiger partial charge in [0.25, 0.3) is 17.2 Å². The second kappa shape index (κ2) is 5.58. The van der Waals surface area contributed by atoms with Crippen LogP contribution in [0.15, 0.2) is 41.2 Å². The van der Waals surface area contributed by atoms with Crippen LogP contribution in [0, 0.1) is 24.0 Å². The fourth-order valence-electron chi connectivity index (χ4n) is 1.94. The van der Waals surface area contributed by atoms with Crippen molar-refractivity contribution in [3.63, 3.8) is 0 Å². The number of hydrogen-bond donors (Lipinski definition) is 1. The molecule has 0 saturated carbocycles. The van der Waals surface area contributed by atoms with Crippen LogP contribution in [0.25, 0.3) is 0 Å². The first kappa shape index (κ1) is 14.4. The van der Waals surface area contributed by atoms with E-state index in [1.54, 1.807) is 19.9 Å². The van der Waals surface area contributed by atoms with E-state index in [2.05, 4.69) is 5.43 Å². The minimum atomic E-state index is -0.590. The Kier molecular flexibility index (Phi) is 3.84. The Morgan fingerprint density at radius 2 is 1.95 bits per heavy atom. The molecule has 0 radical (unpaired) electrons. The van der Waals surface area contributed by atoms with E-state index >= 15 is 0 Å². The number of hydrogen-bond acceptors (Lipinski definition) is 4. The number of non-ortho nitro benzene ring substituents is 1. The van der Waals surface area contributed by atoms with Gasteiger partial charge in [0.05, 0.1) is 4.92 Å². The summed E-state index contributed by atoms with van der Waals surface area (Å²) in [5, 5.41) is 10.7. The van der Waals surface area contributed by atoms with Gasteiger partial charge in [-0.2, -0.15) is 0 Å². The predicted octanol–water partition coefficient (Wildman–Crippen LogP) is 1.76. The van der Waals surface area contributed by atoms with Gasteiger partial charge in [-0.3, -0.25) is 25.1 Å². The van der Waals surface area contributed by atoms with Gasteiger partial charge in [-0.25, -0.2) is 4.68 Å². The monoisotopic (exact) mass is 287 g/mol. The molecule has 1 N–H and O–H groups in total. The van der Waals surface area contributed by atoms with Crippen LogP contribution in [-0.4, -0.2) is 15.5 Å². The van der Waals surface area contributed by atoms with E-state index in [9.17, 15) is 19.7 Å². The van der Waals surface area contributed by atoms with Crippen molar-refractivity contribution in [2.75, 3.05) is 5.43 Å². The van der Waals surface area contributed by atoms with Crippen LogP contribution in [-0.2, 0) is 0 Å². The summed E-state index contributed by atoms with van der Waals surface area (Å²) in [5.74, 6) is -0.590. The number of carbonyl (C=O) groups is 1. The normalized spacial score (nSPS) is 10.2. The molecule has 0 aliphatic heterocycles. The lowest BCUT2D eigenvalue weighted by Crippen LogP contribution is -2.34. The molecule has 1 aromatic heterocycles. The van der Waals surface area contributed by atoms with Crippen molar-refractivity contribution in [1.29, 1.82) is 0 Å². The van der Waals surface area contributed by atoms with Gasteiger partial charge in [0.1, 0.15) is 0 Å². The average Bonchev–Trinajstić information content (AvgIpc) is 2.42. The van der Waals surface area contributed by atoms with Gasteiger partial charge < -0.3 is 0 Å². The molecular weight excluding hydrogens is 274 g/mol. The van der Waals surface area contributed by atoms with E-state index in [4.69, 9.17) is 0 Å². The number of nitrogens with one attached hydrogen (secondary N) is 1. The molecule has 0 bridgehead atoms. The zero-order chi connectivity index (χ0) is 15.6. The molecular formula is C14H13N3O4. The number of nitrogens with zero attached hydrogens (tertiary/aromatic N) is 2. The highest BCUT2D eigenvalue weighted by molar-refractivity contribution is 6.00. The molecule has 0 spiro atoms. The summed E-state index contributed by atoms with van der Waals surface area (Å²) in [7, 11) is 0. The smallest absolute Gasteiger partial charge is 0.267 e. The number of amides is 1. The van der Waals surface area contributed by atoms with Crippen molar-refractivity contribution in [1.82, 2.24) is 4.68 Å². The van der Waals surface area contributed by atoms with E-state index < -0.39 is 10.8 Å². The lowest BCUT2D eigenvalue weighted by Gasteiger charge is -2.11. The number of nitro benzene ring substituents is 1. The average molecular weight is 287 g/mol. The molecule has 7 nitrogen and oxygen atoms in total. The molecule has 1 heterocycles. The molecule has 0 aliphatic carbocycles. The van der Waals surface area contributed by atoms with Crippen molar-refractivity contribution >= 4 is 11.6 Å². The van der Waals surface area contributed by atoms with Crippen LogP contribution >= 0.6 is 0 Å². The fraction of sp³-hybridized carbons (Fsp3) is 0.143. The highest BCUT2D eigenvalue weighted by Gasteiger charge is 2.13. The molecule has 1 aromatic carbocycles. The summed E-state index contributed by atoms with van der Waals surface area (Å²) >= 11 is 0. The number of pyridine rings is 1. The second-order valence-electron chi connectivity index (χ2n) is 4.60. The minimum absolute atomic E-state index is 0.107. The van der Waals surface area contributed by atoms with Crippen molar-refractivity contribution in [2.24, 2.45) is 0 Å². The Labute approximate surface area is 120 Å². The van der Waals surface area contributed by atoms with Crippen LogP contribution in [0.4, 0.5) is 5.69 Å². The van der Waals surface area contributed by atoms with Gasteiger partial charge in [-0.1, -0.05) is 6.07 Å². The number of benzene rings is 1. The Bertz CT molecular complexity index is 780. The molecule has 0 atom stereocenters. The van der Waals surface area contributed by atoms with Crippen molar-refractivity contribution in [3.05, 3.63) is 73.7 Å². The summed E-state index contributed by atoms with van der Waals surface area (Å²) in [6.45, 7) is 3.46. The Hall–Kier alpha value is -2.96. The van der Waals surface area contributed by atoms with Gasteiger partial charge in [-0.05, 0) is 31.5 Å². The molecule has 108 valence electrons. The van der Waals surface area contributed by atoms with Crippen LogP contribution in [0.3, 0.4) is 0 Å². The predicted molar refractivity (Wildman–Crippen MR) is 77.0 cm³/mol. The highest BCUT2D eigenvalue weighted by Crippen LogP contribution is 2.13. The summed E-state index contributed by atoms with van der Waals surface area (Å²) in [6, 6.07) is 8.44. The lowest BCUT2D eigenvalue weighted by atomic mass is 10.2. The fourth-order valence-corrected chi connectivity index (χ4v) is 1.94. The summed E-state index contributed by atoms with van der Waals surface area (Å²) in [6.07, 6.45) is 0. The molecule has 0 unspecified atom stereocenters. The summed E-state index contributed by atoms with van der Waals surface area (Å²) in [4.78, 5) is 34.0. The number of nitro groups is 1. The van der Waals surface area contributed by atoms with E-state index in [0.717, 1.165) is 16.3 Å². The Morgan fingerprint density at radius 3 is 2.57 bits per heavy atom. The third-order valence-corrected chi connectivity index (χ3v) is 2.89. The second-order valence-corrected chi connectivity index (χ2v) is 4.60. The van der Waals surface area contributed by atoms with Gasteiger partial charge in [-0.15, -0.1) is 0 Å². The standard InChI is InChI=1S/C14H13N3O4/c1-9-6-10(2)16(13(18)7-9)15-14(19)11-4-3-5-12(8-11)17(20)21/h3-8H,1-2H3,(H,15,19). The largest absolute Gasteiger partial charge is 0.270 e. The van der Waals surface area contributed by atoms with E-state index in [1.165, 1.54) is 24.3 Å². The van der Waals surface area contributed by atoms with Gasteiger partial charge in [0.2, 0.25) is 0 Å². The summed E-state index contributed by atoms with van der Waals surface area (Å²) < 4.78 is 1.11. The maximum Gasteiger partial charge on any atom is 0.270 e. The Morgan fingerprint density at radius 1 is 1.24 bits per heavy atom. The van der Waals surface area contributed by atoms with Gasteiger partial charge in [0.15, 0.2) is 0 Å². The number of aromatic nitrogens is 1. The minimum Gasteiger partial charge on any atom is -0.267 e. The van der Waals surface area contributed by atoms with Crippen molar-refractivity contribution in [3.8, 4) is 0 Å². The molecule has 7 heteroatoms. The molecule has 1 amide bonds. The quantitative estimate of drug-likeness (QED) is 0.687. The van der Waals surface area contributed by atoms with Crippen LogP contribution in [0.2, 0.25) is 0 Å². The van der Waals surface area contributed by atoms with Crippen molar-refractivity contribution < 1.29 is 9.72 Å². The van der Waals surface area contributed by atoms with Crippen LogP contribution < -0.4 is 11.0 Å². The molecule has 0 saturated heterocycles. The first-order valence-corrected chi connectivity index (χ1v) is 6.14. The topological polar surface area (TPSA) is 94.2 Å². The molecule has 0 aliphatic rings. The number of aryl methyl sites for hydroxylation is 2. The first-order chi connectivity index (χ1) is 9.88. The molecule has 2 rings (SSSR count).